The van der Waals surface area contributed by atoms with Gasteiger partial charge >= 0.3 is 0 Å². The van der Waals surface area contributed by atoms with Crippen LogP contribution in [0.25, 0.3) is 11.1 Å². The molecule has 0 atom stereocenters. The molecule has 1 fully saturated rings. The Balaban J connectivity index is 1.88. The average Bonchev–Trinajstić information content (AvgIpc) is 3.22. The molecular weight excluding hydrogens is 239 g/mol. The fourth-order valence-corrected chi connectivity index (χ4v) is 2.20. The Bertz CT molecular complexity index is 591. The van der Waals surface area contributed by atoms with Gasteiger partial charge in [-0.1, -0.05) is 12.1 Å². The highest BCUT2D eigenvalue weighted by Crippen LogP contribution is 2.25. The van der Waals surface area contributed by atoms with Gasteiger partial charge in [0.15, 0.2) is 0 Å². The van der Waals surface area contributed by atoms with E-state index in [2.05, 4.69) is 28.5 Å². The Morgan fingerprint density at radius 3 is 2.84 bits per heavy atom. The highest BCUT2D eigenvalue weighted by Gasteiger charge is 2.20. The molecule has 1 N–H and O–H groups in total. The lowest BCUT2D eigenvalue weighted by Gasteiger charge is -2.10. The number of aryl methyl sites for hydroxylation is 1. The molecule has 1 aromatic heterocycles. The van der Waals surface area contributed by atoms with Gasteiger partial charge in [0.1, 0.15) is 5.82 Å². The highest BCUT2D eigenvalue weighted by molar-refractivity contribution is 5.67. The van der Waals surface area contributed by atoms with E-state index in [1.165, 1.54) is 30.7 Å². The van der Waals surface area contributed by atoms with E-state index in [1.54, 1.807) is 6.20 Å². The van der Waals surface area contributed by atoms with Gasteiger partial charge in [0, 0.05) is 24.3 Å². The summed E-state index contributed by atoms with van der Waals surface area (Å²) in [5.41, 5.74) is 4.27. The lowest BCUT2D eigenvalue weighted by atomic mass is 9.99. The summed E-state index contributed by atoms with van der Waals surface area (Å²) in [5, 5.41) is 3.49. The summed E-state index contributed by atoms with van der Waals surface area (Å²) in [6.07, 6.45) is 5.51. The van der Waals surface area contributed by atoms with Crippen LogP contribution in [-0.2, 0) is 6.54 Å². The molecule has 0 amide bonds. The van der Waals surface area contributed by atoms with Crippen LogP contribution in [0.15, 0.2) is 36.7 Å². The van der Waals surface area contributed by atoms with Crippen molar-refractivity contribution in [1.29, 1.82) is 0 Å². The third kappa shape index (κ3) is 2.99. The summed E-state index contributed by atoms with van der Waals surface area (Å²) in [5.74, 6) is -0.293. The predicted molar refractivity (Wildman–Crippen MR) is 74.2 cm³/mol. The van der Waals surface area contributed by atoms with Gasteiger partial charge in [-0.15, -0.1) is 0 Å². The van der Waals surface area contributed by atoms with Crippen LogP contribution in [0.1, 0.15) is 24.0 Å². The van der Waals surface area contributed by atoms with E-state index in [-0.39, 0.29) is 5.82 Å². The van der Waals surface area contributed by atoms with Crippen molar-refractivity contribution in [3.8, 4) is 11.1 Å². The van der Waals surface area contributed by atoms with Gasteiger partial charge in [-0.05, 0) is 48.6 Å². The fraction of sp³-hybridized carbons (Fsp3) is 0.312. The maximum atomic E-state index is 13.3. The van der Waals surface area contributed by atoms with Gasteiger partial charge in [0.25, 0.3) is 0 Å². The zero-order valence-electron chi connectivity index (χ0n) is 11.0. The van der Waals surface area contributed by atoms with Gasteiger partial charge in [0.05, 0.1) is 6.20 Å². The minimum Gasteiger partial charge on any atom is -0.310 e. The molecule has 0 unspecified atom stereocenters. The first-order chi connectivity index (χ1) is 9.22. The number of benzene rings is 1. The molecule has 98 valence electrons. The fourth-order valence-electron chi connectivity index (χ4n) is 2.20. The molecule has 3 rings (SSSR count). The van der Waals surface area contributed by atoms with E-state index in [0.717, 1.165) is 23.2 Å². The van der Waals surface area contributed by atoms with Crippen LogP contribution >= 0.6 is 0 Å². The van der Waals surface area contributed by atoms with Crippen molar-refractivity contribution >= 4 is 0 Å². The van der Waals surface area contributed by atoms with Crippen LogP contribution in [0.4, 0.5) is 4.39 Å². The van der Waals surface area contributed by atoms with E-state index >= 15 is 0 Å². The summed E-state index contributed by atoms with van der Waals surface area (Å²) in [4.78, 5) is 3.92. The van der Waals surface area contributed by atoms with Crippen LogP contribution < -0.4 is 5.32 Å². The zero-order chi connectivity index (χ0) is 13.2. The Morgan fingerprint density at radius 2 is 2.11 bits per heavy atom. The Kier molecular flexibility index (Phi) is 3.30. The zero-order valence-corrected chi connectivity index (χ0v) is 11.0. The maximum absolute atomic E-state index is 13.3. The molecule has 19 heavy (non-hydrogen) atoms. The normalized spacial score (nSPS) is 14.6. The first kappa shape index (κ1) is 12.3. The van der Waals surface area contributed by atoms with Crippen LogP contribution in [0.5, 0.6) is 0 Å². The van der Waals surface area contributed by atoms with Crippen molar-refractivity contribution < 1.29 is 4.39 Å². The Labute approximate surface area is 112 Å². The van der Waals surface area contributed by atoms with Crippen molar-refractivity contribution in [1.82, 2.24) is 10.3 Å². The second-order valence-corrected chi connectivity index (χ2v) is 5.20. The number of nitrogens with zero attached hydrogens (tertiary/aromatic N) is 1. The first-order valence-electron chi connectivity index (χ1n) is 6.66. The molecule has 0 radical (unpaired) electrons. The van der Waals surface area contributed by atoms with Crippen molar-refractivity contribution in [2.75, 3.05) is 0 Å². The Hall–Kier alpha value is -1.74. The molecule has 1 aromatic carbocycles. The van der Waals surface area contributed by atoms with Crippen LogP contribution in [-0.4, -0.2) is 11.0 Å². The minimum absolute atomic E-state index is 0.293. The number of aromatic nitrogens is 1. The number of halogens is 1. The second-order valence-electron chi connectivity index (χ2n) is 5.20. The van der Waals surface area contributed by atoms with Crippen molar-refractivity contribution in [3.63, 3.8) is 0 Å². The molecule has 2 nitrogen and oxygen atoms in total. The standard InChI is InChI=1S/C16H17FN2/c1-11-2-3-12(8-19-15-4-5-15)6-16(11)13-7-14(17)10-18-9-13/h2-3,6-7,9-10,15,19H,4-5,8H2,1H3. The summed E-state index contributed by atoms with van der Waals surface area (Å²) in [6.45, 7) is 2.92. The van der Waals surface area contributed by atoms with E-state index < -0.39 is 0 Å². The molecule has 0 bridgehead atoms. The molecule has 0 saturated heterocycles. The van der Waals surface area contributed by atoms with Gasteiger partial charge in [-0.2, -0.15) is 0 Å². The van der Waals surface area contributed by atoms with Crippen molar-refractivity contribution in [2.24, 2.45) is 0 Å². The molecule has 1 heterocycles. The van der Waals surface area contributed by atoms with Gasteiger partial charge in [-0.3, -0.25) is 4.98 Å². The van der Waals surface area contributed by atoms with Gasteiger partial charge < -0.3 is 5.32 Å². The summed E-state index contributed by atoms with van der Waals surface area (Å²) in [7, 11) is 0. The third-order valence-electron chi connectivity index (χ3n) is 3.49. The van der Waals surface area contributed by atoms with E-state index in [0.29, 0.717) is 6.04 Å². The van der Waals surface area contributed by atoms with Crippen molar-refractivity contribution in [2.45, 2.75) is 32.4 Å². The molecule has 1 saturated carbocycles. The van der Waals surface area contributed by atoms with Gasteiger partial charge in [0.2, 0.25) is 0 Å². The van der Waals surface area contributed by atoms with E-state index in [1.807, 2.05) is 6.92 Å². The molecule has 0 spiro atoms. The number of rotatable bonds is 4. The maximum Gasteiger partial charge on any atom is 0.142 e. The van der Waals surface area contributed by atoms with Crippen LogP contribution in [0.2, 0.25) is 0 Å². The summed E-state index contributed by atoms with van der Waals surface area (Å²) < 4.78 is 13.3. The molecule has 2 aromatic rings. The molecule has 1 aliphatic carbocycles. The summed E-state index contributed by atoms with van der Waals surface area (Å²) in [6, 6.07) is 8.57. The largest absolute Gasteiger partial charge is 0.310 e. The summed E-state index contributed by atoms with van der Waals surface area (Å²) >= 11 is 0. The number of hydrogen-bond acceptors (Lipinski definition) is 2. The molecule has 0 aliphatic heterocycles. The monoisotopic (exact) mass is 256 g/mol. The predicted octanol–water partition coefficient (Wildman–Crippen LogP) is 3.45. The van der Waals surface area contributed by atoms with E-state index in [9.17, 15) is 4.39 Å². The number of nitrogens with one attached hydrogen (secondary N) is 1. The number of hydrogen-bond donors (Lipinski definition) is 1. The lowest BCUT2D eigenvalue weighted by Crippen LogP contribution is -2.15. The van der Waals surface area contributed by atoms with Crippen molar-refractivity contribution in [3.05, 3.63) is 53.6 Å². The van der Waals surface area contributed by atoms with Crippen LogP contribution in [0.3, 0.4) is 0 Å². The average molecular weight is 256 g/mol. The van der Waals surface area contributed by atoms with E-state index in [4.69, 9.17) is 0 Å². The minimum atomic E-state index is -0.293. The molecule has 1 aliphatic rings. The quantitative estimate of drug-likeness (QED) is 0.906. The SMILES string of the molecule is Cc1ccc(CNC2CC2)cc1-c1cncc(F)c1. The topological polar surface area (TPSA) is 24.9 Å². The molecule has 3 heteroatoms. The molecular formula is C16H17FN2. The lowest BCUT2D eigenvalue weighted by molar-refractivity contribution is 0.622. The first-order valence-corrected chi connectivity index (χ1v) is 6.66. The Morgan fingerprint density at radius 1 is 1.26 bits per heavy atom. The number of pyridine rings is 1. The van der Waals surface area contributed by atoms with Crippen LogP contribution in [0, 0.1) is 12.7 Å². The smallest absolute Gasteiger partial charge is 0.142 e. The van der Waals surface area contributed by atoms with Gasteiger partial charge in [-0.25, -0.2) is 4.39 Å². The highest BCUT2D eigenvalue weighted by atomic mass is 19.1. The third-order valence-corrected chi connectivity index (χ3v) is 3.49. The second kappa shape index (κ2) is 5.10.